The number of rotatable bonds is 10. The lowest BCUT2D eigenvalue weighted by Gasteiger charge is -2.29. The maximum Gasteiger partial charge on any atom is 0.261 e. The monoisotopic (exact) mass is 466 g/mol. The summed E-state index contributed by atoms with van der Waals surface area (Å²) >= 11 is 12.0. The lowest BCUT2D eigenvalue weighted by molar-refractivity contribution is -0.142. The average molecular weight is 467 g/mol. The average Bonchev–Trinajstić information content (AvgIpc) is 2.76. The van der Waals surface area contributed by atoms with Crippen LogP contribution < -0.4 is 14.8 Å². The normalized spacial score (nSPS) is 12.6. The summed E-state index contributed by atoms with van der Waals surface area (Å²) in [5.41, 5.74) is 0.834. The van der Waals surface area contributed by atoms with Crippen molar-refractivity contribution < 1.29 is 19.1 Å². The summed E-state index contributed by atoms with van der Waals surface area (Å²) in [6.07, 6.45) is 0.792. The predicted molar refractivity (Wildman–Crippen MR) is 123 cm³/mol. The van der Waals surface area contributed by atoms with Gasteiger partial charge in [0.1, 0.15) is 17.5 Å². The number of benzene rings is 2. The van der Waals surface area contributed by atoms with Crippen molar-refractivity contribution in [3.8, 4) is 11.5 Å². The number of carbonyl (C=O) groups is 2. The molecule has 2 amide bonds. The fourth-order valence-corrected chi connectivity index (χ4v) is 3.29. The zero-order valence-corrected chi connectivity index (χ0v) is 19.7. The van der Waals surface area contributed by atoms with Gasteiger partial charge in [0.15, 0.2) is 6.61 Å². The molecule has 0 aliphatic carbocycles. The van der Waals surface area contributed by atoms with Crippen LogP contribution in [0.2, 0.25) is 10.0 Å². The largest absolute Gasteiger partial charge is 0.497 e. The molecule has 0 fully saturated rings. The van der Waals surface area contributed by atoms with Gasteiger partial charge >= 0.3 is 0 Å². The zero-order valence-electron chi connectivity index (χ0n) is 18.2. The molecule has 0 radical (unpaired) electrons. The Balaban J connectivity index is 2.20. The summed E-state index contributed by atoms with van der Waals surface area (Å²) in [6.45, 7) is 5.56. The highest BCUT2D eigenvalue weighted by molar-refractivity contribution is 6.35. The Morgan fingerprint density at radius 1 is 1.13 bits per heavy atom. The number of carbonyl (C=O) groups excluding carboxylic acids is 2. The molecule has 0 aromatic heterocycles. The van der Waals surface area contributed by atoms with E-state index in [2.05, 4.69) is 5.32 Å². The first-order valence-corrected chi connectivity index (χ1v) is 10.8. The minimum absolute atomic E-state index is 0.00726. The Morgan fingerprint density at radius 3 is 2.52 bits per heavy atom. The van der Waals surface area contributed by atoms with Crippen LogP contribution in [0.4, 0.5) is 0 Å². The van der Waals surface area contributed by atoms with E-state index in [1.54, 1.807) is 32.2 Å². The number of hydrogen-bond acceptors (Lipinski definition) is 4. The molecule has 2 rings (SSSR count). The fourth-order valence-electron chi connectivity index (χ4n) is 2.83. The summed E-state index contributed by atoms with van der Waals surface area (Å²) in [5, 5.41) is 3.71. The molecule has 6 nitrogen and oxygen atoms in total. The Kier molecular flexibility index (Phi) is 9.46. The smallest absolute Gasteiger partial charge is 0.261 e. The van der Waals surface area contributed by atoms with Gasteiger partial charge < -0.3 is 19.7 Å². The fraction of sp³-hybridized carbons (Fsp3) is 0.391. The zero-order chi connectivity index (χ0) is 23.0. The number of amides is 2. The molecular formula is C23H28Cl2N2O4. The van der Waals surface area contributed by atoms with Crippen molar-refractivity contribution in [1.29, 1.82) is 0 Å². The van der Waals surface area contributed by atoms with Gasteiger partial charge in [-0.2, -0.15) is 0 Å². The molecule has 0 heterocycles. The minimum Gasteiger partial charge on any atom is -0.497 e. The van der Waals surface area contributed by atoms with Crippen molar-refractivity contribution in [2.45, 2.75) is 45.8 Å². The first-order chi connectivity index (χ1) is 14.7. The third-order valence-electron chi connectivity index (χ3n) is 4.90. The summed E-state index contributed by atoms with van der Waals surface area (Å²) < 4.78 is 10.9. The molecule has 2 atom stereocenters. The van der Waals surface area contributed by atoms with E-state index < -0.39 is 6.04 Å². The molecule has 0 unspecified atom stereocenters. The highest BCUT2D eigenvalue weighted by atomic mass is 35.5. The molecule has 0 saturated heterocycles. The van der Waals surface area contributed by atoms with Crippen molar-refractivity contribution >= 4 is 35.0 Å². The van der Waals surface area contributed by atoms with Crippen LogP contribution in [0.25, 0.3) is 0 Å². The molecular weight excluding hydrogens is 439 g/mol. The van der Waals surface area contributed by atoms with E-state index in [1.165, 1.54) is 4.90 Å². The molecule has 0 aliphatic heterocycles. The Bertz CT molecular complexity index is 907. The highest BCUT2D eigenvalue weighted by Gasteiger charge is 2.27. The van der Waals surface area contributed by atoms with Gasteiger partial charge in [0.2, 0.25) is 5.91 Å². The van der Waals surface area contributed by atoms with E-state index in [-0.39, 0.29) is 31.0 Å². The van der Waals surface area contributed by atoms with Gasteiger partial charge in [-0.25, -0.2) is 0 Å². The molecule has 0 bridgehead atoms. The van der Waals surface area contributed by atoms with Crippen molar-refractivity contribution in [3.63, 3.8) is 0 Å². The molecule has 2 aromatic carbocycles. The van der Waals surface area contributed by atoms with E-state index in [9.17, 15) is 9.59 Å². The van der Waals surface area contributed by atoms with Crippen LogP contribution in [0.1, 0.15) is 32.8 Å². The molecule has 1 N–H and O–H groups in total. The second kappa shape index (κ2) is 11.8. The number of methoxy groups -OCH3 is 1. The van der Waals surface area contributed by atoms with Crippen LogP contribution >= 0.6 is 23.2 Å². The van der Waals surface area contributed by atoms with Crippen molar-refractivity contribution in [2.24, 2.45) is 0 Å². The highest BCUT2D eigenvalue weighted by Crippen LogP contribution is 2.27. The Hall–Kier alpha value is -2.44. The second-order valence-corrected chi connectivity index (χ2v) is 8.07. The molecule has 2 aromatic rings. The molecule has 8 heteroatoms. The van der Waals surface area contributed by atoms with Gasteiger partial charge in [-0.3, -0.25) is 9.59 Å². The predicted octanol–water partition coefficient (Wildman–Crippen LogP) is 4.71. The molecule has 168 valence electrons. The van der Waals surface area contributed by atoms with Gasteiger partial charge in [0.25, 0.3) is 5.91 Å². The van der Waals surface area contributed by atoms with Crippen LogP contribution in [-0.4, -0.2) is 42.5 Å². The van der Waals surface area contributed by atoms with E-state index in [0.29, 0.717) is 21.5 Å². The van der Waals surface area contributed by atoms with Crippen molar-refractivity contribution in [1.82, 2.24) is 10.2 Å². The first-order valence-electron chi connectivity index (χ1n) is 10.1. The van der Waals surface area contributed by atoms with Crippen molar-refractivity contribution in [3.05, 3.63) is 58.1 Å². The second-order valence-electron chi connectivity index (χ2n) is 7.23. The Labute approximate surface area is 193 Å². The molecule has 31 heavy (non-hydrogen) atoms. The van der Waals surface area contributed by atoms with Crippen LogP contribution in [0.15, 0.2) is 42.5 Å². The number of halogens is 2. The third kappa shape index (κ3) is 7.33. The standard InChI is InChI=1S/C23H28Cl2N2O4/c1-5-15(2)26-23(29)16(3)27(13-17-7-6-8-19(11-17)30-4)22(28)14-31-21-10-9-18(24)12-20(21)25/h6-12,15-16H,5,13-14H2,1-4H3,(H,26,29)/t15-,16+/m0/s1. The maximum absolute atomic E-state index is 13.1. The van der Waals surface area contributed by atoms with E-state index in [4.69, 9.17) is 32.7 Å². The molecule has 0 aliphatic rings. The van der Waals surface area contributed by atoms with Gasteiger partial charge in [-0.1, -0.05) is 42.3 Å². The number of ether oxygens (including phenoxy) is 2. The van der Waals surface area contributed by atoms with Gasteiger partial charge in [0, 0.05) is 17.6 Å². The van der Waals surface area contributed by atoms with Gasteiger partial charge in [0.05, 0.1) is 12.1 Å². The van der Waals surface area contributed by atoms with E-state index in [0.717, 1.165) is 12.0 Å². The summed E-state index contributed by atoms with van der Waals surface area (Å²) in [4.78, 5) is 27.3. The topological polar surface area (TPSA) is 67.9 Å². The SMILES string of the molecule is CC[C@H](C)NC(=O)[C@@H](C)N(Cc1cccc(OC)c1)C(=O)COc1ccc(Cl)cc1Cl. The van der Waals surface area contributed by atoms with E-state index >= 15 is 0 Å². The minimum atomic E-state index is -0.697. The van der Waals surface area contributed by atoms with Crippen LogP contribution in [-0.2, 0) is 16.1 Å². The summed E-state index contributed by atoms with van der Waals surface area (Å²) in [6, 6.07) is 11.4. The van der Waals surface area contributed by atoms with Crippen LogP contribution in [0, 0.1) is 0 Å². The van der Waals surface area contributed by atoms with Crippen LogP contribution in [0.3, 0.4) is 0 Å². The maximum atomic E-state index is 13.1. The van der Waals surface area contributed by atoms with Crippen LogP contribution in [0.5, 0.6) is 11.5 Å². The third-order valence-corrected chi connectivity index (χ3v) is 5.43. The van der Waals surface area contributed by atoms with Crippen molar-refractivity contribution in [2.75, 3.05) is 13.7 Å². The lowest BCUT2D eigenvalue weighted by atomic mass is 10.1. The van der Waals surface area contributed by atoms with Gasteiger partial charge in [-0.15, -0.1) is 0 Å². The first kappa shape index (κ1) is 24.8. The lowest BCUT2D eigenvalue weighted by Crippen LogP contribution is -2.50. The number of hydrogen-bond donors (Lipinski definition) is 1. The number of nitrogens with one attached hydrogen (secondary N) is 1. The quantitative estimate of drug-likeness (QED) is 0.550. The summed E-state index contributed by atoms with van der Waals surface area (Å²) in [7, 11) is 1.58. The Morgan fingerprint density at radius 2 is 1.87 bits per heavy atom. The van der Waals surface area contributed by atoms with Gasteiger partial charge in [-0.05, 0) is 56.2 Å². The molecule has 0 spiro atoms. The number of nitrogens with zero attached hydrogens (tertiary/aromatic N) is 1. The summed E-state index contributed by atoms with van der Waals surface area (Å²) in [5.74, 6) is 0.444. The van der Waals surface area contributed by atoms with E-state index in [1.807, 2.05) is 38.1 Å². The molecule has 0 saturated carbocycles.